The number of carbonyl (C=O) groups is 1. The zero-order valence-corrected chi connectivity index (χ0v) is 14.4. The normalized spacial score (nSPS) is 25.0. The largest absolute Gasteiger partial charge is 0.441 e. The SMILES string of the molecule is Cc1cn2c(=O)cc(CN3CCC[C@@]4(CC3)CNC(=O)O4)nc2s1. The van der Waals surface area contributed by atoms with Crippen LogP contribution in [0.1, 0.15) is 29.8 Å². The molecule has 2 fully saturated rings. The Labute approximate surface area is 143 Å². The average molecular weight is 348 g/mol. The minimum atomic E-state index is -0.354. The molecule has 0 bridgehead atoms. The second kappa shape index (κ2) is 5.86. The first-order valence-corrected chi connectivity index (χ1v) is 9.03. The number of fused-ring (bicyclic) bond motifs is 1. The number of carbonyl (C=O) groups excluding carboxylic acids is 1. The number of alkyl carbamates (subject to hydrolysis) is 1. The summed E-state index contributed by atoms with van der Waals surface area (Å²) in [4.78, 5) is 32.3. The van der Waals surface area contributed by atoms with Gasteiger partial charge >= 0.3 is 6.09 Å². The third-order valence-electron chi connectivity index (χ3n) is 4.78. The lowest BCUT2D eigenvalue weighted by Gasteiger charge is -2.24. The van der Waals surface area contributed by atoms with Gasteiger partial charge in [0.05, 0.1) is 12.2 Å². The van der Waals surface area contributed by atoms with E-state index in [1.54, 1.807) is 10.5 Å². The first kappa shape index (κ1) is 15.6. The molecule has 0 saturated carbocycles. The fourth-order valence-corrected chi connectivity index (χ4v) is 4.38. The van der Waals surface area contributed by atoms with Gasteiger partial charge in [-0.2, -0.15) is 0 Å². The van der Waals surface area contributed by atoms with Crippen molar-refractivity contribution in [3.8, 4) is 0 Å². The van der Waals surface area contributed by atoms with Crippen molar-refractivity contribution in [1.82, 2.24) is 19.6 Å². The maximum atomic E-state index is 12.2. The number of nitrogens with one attached hydrogen (secondary N) is 1. The molecule has 2 saturated heterocycles. The Morgan fingerprint density at radius 1 is 1.38 bits per heavy atom. The number of hydrogen-bond donors (Lipinski definition) is 1. The molecule has 1 N–H and O–H groups in total. The van der Waals surface area contributed by atoms with Crippen molar-refractivity contribution in [1.29, 1.82) is 0 Å². The van der Waals surface area contributed by atoms with Crippen molar-refractivity contribution in [3.63, 3.8) is 0 Å². The Bertz CT molecular complexity index is 845. The van der Waals surface area contributed by atoms with Gasteiger partial charge in [-0.1, -0.05) is 0 Å². The lowest BCUT2D eigenvalue weighted by Crippen LogP contribution is -2.35. The van der Waals surface area contributed by atoms with Gasteiger partial charge in [-0.15, -0.1) is 11.3 Å². The average Bonchev–Trinajstić information content (AvgIpc) is 3.01. The first-order valence-electron chi connectivity index (χ1n) is 8.21. The van der Waals surface area contributed by atoms with E-state index >= 15 is 0 Å². The Morgan fingerprint density at radius 3 is 3.04 bits per heavy atom. The highest BCUT2D eigenvalue weighted by atomic mass is 32.1. The monoisotopic (exact) mass is 348 g/mol. The second-order valence-electron chi connectivity index (χ2n) is 6.64. The predicted molar refractivity (Wildman–Crippen MR) is 90.4 cm³/mol. The molecule has 128 valence electrons. The molecular formula is C16H20N4O3S. The van der Waals surface area contributed by atoms with E-state index in [4.69, 9.17) is 4.74 Å². The van der Waals surface area contributed by atoms with Crippen molar-refractivity contribution in [3.05, 3.63) is 33.2 Å². The summed E-state index contributed by atoms with van der Waals surface area (Å²) in [6.07, 6.45) is 4.17. The maximum Gasteiger partial charge on any atom is 0.407 e. The number of thiazole rings is 1. The Balaban J connectivity index is 1.49. The third-order valence-corrected chi connectivity index (χ3v) is 5.67. The van der Waals surface area contributed by atoms with Crippen LogP contribution >= 0.6 is 11.3 Å². The summed E-state index contributed by atoms with van der Waals surface area (Å²) in [7, 11) is 0. The van der Waals surface area contributed by atoms with Crippen LogP contribution in [-0.4, -0.2) is 45.6 Å². The smallest absolute Gasteiger partial charge is 0.407 e. The topological polar surface area (TPSA) is 75.9 Å². The number of amides is 1. The molecule has 7 nitrogen and oxygen atoms in total. The number of hydrogen-bond acceptors (Lipinski definition) is 6. The molecule has 2 aliphatic heterocycles. The summed E-state index contributed by atoms with van der Waals surface area (Å²) in [6, 6.07) is 1.62. The van der Waals surface area contributed by atoms with E-state index in [2.05, 4.69) is 15.2 Å². The van der Waals surface area contributed by atoms with Crippen molar-refractivity contribution < 1.29 is 9.53 Å². The first-order chi connectivity index (χ1) is 11.5. The molecule has 24 heavy (non-hydrogen) atoms. The molecule has 2 aromatic rings. The van der Waals surface area contributed by atoms with E-state index in [1.165, 1.54) is 11.3 Å². The summed E-state index contributed by atoms with van der Waals surface area (Å²) in [6.45, 7) is 4.98. The summed E-state index contributed by atoms with van der Waals surface area (Å²) in [5, 5.41) is 2.77. The van der Waals surface area contributed by atoms with Crippen LogP contribution in [0.15, 0.2) is 17.1 Å². The predicted octanol–water partition coefficient (Wildman–Crippen LogP) is 1.53. The zero-order chi connectivity index (χ0) is 16.7. The van der Waals surface area contributed by atoms with Gasteiger partial charge in [0, 0.05) is 36.7 Å². The number of rotatable bonds is 2. The van der Waals surface area contributed by atoms with Gasteiger partial charge in [0.1, 0.15) is 5.60 Å². The minimum Gasteiger partial charge on any atom is -0.441 e. The van der Waals surface area contributed by atoms with Gasteiger partial charge in [0.15, 0.2) is 4.96 Å². The molecule has 1 amide bonds. The van der Waals surface area contributed by atoms with Crippen molar-refractivity contribution >= 4 is 22.4 Å². The maximum absolute atomic E-state index is 12.2. The molecule has 2 aromatic heterocycles. The molecule has 0 unspecified atom stereocenters. The van der Waals surface area contributed by atoms with Gasteiger partial charge in [0.2, 0.25) is 0 Å². The number of likely N-dealkylation sites (tertiary alicyclic amines) is 1. The van der Waals surface area contributed by atoms with E-state index in [1.807, 2.05) is 13.1 Å². The summed E-state index contributed by atoms with van der Waals surface area (Å²) in [5.74, 6) is 0. The lowest BCUT2D eigenvalue weighted by molar-refractivity contribution is 0.0442. The molecule has 8 heteroatoms. The molecule has 0 aromatic carbocycles. The van der Waals surface area contributed by atoms with E-state index < -0.39 is 0 Å². The molecule has 4 heterocycles. The van der Waals surface area contributed by atoms with Gasteiger partial charge < -0.3 is 10.1 Å². The quantitative estimate of drug-likeness (QED) is 0.891. The Kier molecular flexibility index (Phi) is 3.80. The molecule has 2 aliphatic rings. The van der Waals surface area contributed by atoms with Crippen LogP contribution in [0, 0.1) is 6.92 Å². The third kappa shape index (κ3) is 2.91. The summed E-state index contributed by atoms with van der Waals surface area (Å²) < 4.78 is 7.11. The molecule has 0 aliphatic carbocycles. The van der Waals surface area contributed by atoms with Crippen LogP contribution in [0.25, 0.3) is 4.96 Å². The van der Waals surface area contributed by atoms with Crippen molar-refractivity contribution in [2.24, 2.45) is 0 Å². The fourth-order valence-electron chi connectivity index (χ4n) is 3.53. The zero-order valence-electron chi connectivity index (χ0n) is 13.6. The molecule has 1 atom stereocenters. The highest BCUT2D eigenvalue weighted by Gasteiger charge is 2.41. The second-order valence-corrected chi connectivity index (χ2v) is 7.85. The van der Waals surface area contributed by atoms with Crippen LogP contribution in [-0.2, 0) is 11.3 Å². The minimum absolute atomic E-state index is 0.0282. The van der Waals surface area contributed by atoms with Gasteiger partial charge in [-0.05, 0) is 26.3 Å². The van der Waals surface area contributed by atoms with Crippen LogP contribution < -0.4 is 10.9 Å². The molecule has 1 spiro atoms. The highest BCUT2D eigenvalue weighted by Crippen LogP contribution is 2.29. The van der Waals surface area contributed by atoms with Crippen molar-refractivity contribution in [2.75, 3.05) is 19.6 Å². The van der Waals surface area contributed by atoms with E-state index in [9.17, 15) is 9.59 Å². The summed E-state index contributed by atoms with van der Waals surface area (Å²) in [5.41, 5.74) is 0.423. The van der Waals surface area contributed by atoms with Gasteiger partial charge in [-0.3, -0.25) is 14.1 Å². The Hall–Kier alpha value is -1.93. The standard InChI is InChI=1S/C16H20N4O3S/c1-11-8-20-13(21)7-12(18-14(20)24-11)9-19-5-2-3-16(4-6-19)10-17-15(22)23-16/h7-8H,2-6,9-10H2,1H3,(H,17,22)/t16-/m1/s1. The van der Waals surface area contributed by atoms with Crippen molar-refractivity contribution in [2.45, 2.75) is 38.3 Å². The van der Waals surface area contributed by atoms with Crippen LogP contribution in [0.2, 0.25) is 0 Å². The summed E-state index contributed by atoms with van der Waals surface area (Å²) >= 11 is 1.53. The molecule has 4 rings (SSSR count). The Morgan fingerprint density at radius 2 is 2.25 bits per heavy atom. The van der Waals surface area contributed by atoms with Crippen LogP contribution in [0.3, 0.4) is 0 Å². The van der Waals surface area contributed by atoms with Gasteiger partial charge in [-0.25, -0.2) is 9.78 Å². The van der Waals surface area contributed by atoms with Crippen LogP contribution in [0.4, 0.5) is 4.79 Å². The van der Waals surface area contributed by atoms with Crippen LogP contribution in [0.5, 0.6) is 0 Å². The van der Waals surface area contributed by atoms with E-state index in [-0.39, 0.29) is 17.3 Å². The van der Waals surface area contributed by atoms with E-state index in [0.29, 0.717) is 13.1 Å². The van der Waals surface area contributed by atoms with Gasteiger partial charge in [0.25, 0.3) is 5.56 Å². The lowest BCUT2D eigenvalue weighted by atomic mass is 9.95. The number of aromatic nitrogens is 2. The molecule has 0 radical (unpaired) electrons. The fraction of sp³-hybridized carbons (Fsp3) is 0.562. The van der Waals surface area contributed by atoms with E-state index in [0.717, 1.165) is 47.9 Å². The number of aryl methyl sites for hydroxylation is 1. The number of ether oxygens (including phenoxy) is 1. The molecular weight excluding hydrogens is 328 g/mol. The highest BCUT2D eigenvalue weighted by molar-refractivity contribution is 7.16. The number of nitrogens with zero attached hydrogens (tertiary/aromatic N) is 3.